The van der Waals surface area contributed by atoms with Crippen molar-refractivity contribution in [3.8, 4) is 5.75 Å². The molecular formula is C16H26N2O3. The first kappa shape index (κ1) is 17.3. The molecule has 0 radical (unpaired) electrons. The molecule has 0 fully saturated rings. The Kier molecular flexibility index (Phi) is 6.03. The molecule has 1 aromatic rings. The molecule has 0 aliphatic heterocycles. The molecule has 5 nitrogen and oxygen atoms in total. The lowest BCUT2D eigenvalue weighted by Crippen LogP contribution is -2.34. The summed E-state index contributed by atoms with van der Waals surface area (Å²) >= 11 is 0. The Hall–Kier alpha value is -1.75. The van der Waals surface area contributed by atoms with Gasteiger partial charge in [0, 0.05) is 12.1 Å². The summed E-state index contributed by atoms with van der Waals surface area (Å²) < 4.78 is 5.33. The smallest absolute Gasteiger partial charge is 0.251 e. The van der Waals surface area contributed by atoms with Gasteiger partial charge in [0.25, 0.3) is 5.91 Å². The average molecular weight is 294 g/mol. The number of aliphatic hydroxyl groups excluding tert-OH is 1. The van der Waals surface area contributed by atoms with Crippen LogP contribution in [0.15, 0.2) is 18.2 Å². The van der Waals surface area contributed by atoms with E-state index in [1.54, 1.807) is 18.2 Å². The number of hydrogen-bond acceptors (Lipinski definition) is 4. The molecule has 5 heteroatoms. The Bertz CT molecular complexity index is 481. The quantitative estimate of drug-likeness (QED) is 0.702. The van der Waals surface area contributed by atoms with Gasteiger partial charge >= 0.3 is 0 Å². The van der Waals surface area contributed by atoms with Crippen LogP contribution in [-0.4, -0.2) is 30.3 Å². The van der Waals surface area contributed by atoms with Gasteiger partial charge in [-0.15, -0.1) is 0 Å². The first-order valence-corrected chi connectivity index (χ1v) is 7.21. The fraction of sp³-hybridized carbons (Fsp3) is 0.562. The number of hydrogen-bond donors (Lipinski definition) is 3. The lowest BCUT2D eigenvalue weighted by molar-refractivity contribution is 0.0868. The van der Waals surface area contributed by atoms with E-state index in [-0.39, 0.29) is 17.9 Å². The summed E-state index contributed by atoms with van der Waals surface area (Å²) in [5.74, 6) is 0.319. The standard InChI is InChI=1S/C16H26N2O3/c1-5-21-14-7-6-11(8-13(14)17)15(20)18-10-12(19)9-16(2,3)4/h6-8,12,19H,5,9-10,17H2,1-4H3,(H,18,20). The van der Waals surface area contributed by atoms with Gasteiger partial charge in [-0.25, -0.2) is 0 Å². The van der Waals surface area contributed by atoms with E-state index in [0.717, 1.165) is 0 Å². The minimum atomic E-state index is -0.561. The average Bonchev–Trinajstić information content (AvgIpc) is 2.36. The third-order valence-electron chi connectivity index (χ3n) is 2.92. The van der Waals surface area contributed by atoms with Crippen molar-refractivity contribution in [3.63, 3.8) is 0 Å². The van der Waals surface area contributed by atoms with Crippen LogP contribution < -0.4 is 15.8 Å². The second-order valence-electron chi connectivity index (χ2n) is 6.31. The van der Waals surface area contributed by atoms with Crippen LogP contribution in [0.2, 0.25) is 0 Å². The molecule has 0 aromatic heterocycles. The number of rotatable bonds is 6. The van der Waals surface area contributed by atoms with Crippen LogP contribution >= 0.6 is 0 Å². The molecule has 0 saturated heterocycles. The second-order valence-corrected chi connectivity index (χ2v) is 6.31. The maximum Gasteiger partial charge on any atom is 0.251 e. The lowest BCUT2D eigenvalue weighted by Gasteiger charge is -2.22. The molecule has 1 atom stereocenters. The number of amides is 1. The van der Waals surface area contributed by atoms with Crippen molar-refractivity contribution >= 4 is 11.6 Å². The zero-order chi connectivity index (χ0) is 16.0. The maximum atomic E-state index is 12.0. The summed E-state index contributed by atoms with van der Waals surface area (Å²) in [7, 11) is 0. The molecule has 0 aliphatic carbocycles. The fourth-order valence-corrected chi connectivity index (χ4v) is 2.07. The number of nitrogens with two attached hydrogens (primary N) is 1. The Labute approximate surface area is 126 Å². The highest BCUT2D eigenvalue weighted by molar-refractivity contribution is 5.95. The van der Waals surface area contributed by atoms with Crippen LogP contribution in [0.4, 0.5) is 5.69 Å². The van der Waals surface area contributed by atoms with Gasteiger partial charge in [0.2, 0.25) is 0 Å². The number of benzene rings is 1. The number of aliphatic hydroxyl groups is 1. The molecule has 4 N–H and O–H groups in total. The normalized spacial score (nSPS) is 12.8. The molecule has 0 spiro atoms. The maximum absolute atomic E-state index is 12.0. The fourth-order valence-electron chi connectivity index (χ4n) is 2.07. The molecule has 0 aliphatic rings. The zero-order valence-corrected chi connectivity index (χ0v) is 13.3. The Morgan fingerprint density at radius 1 is 1.43 bits per heavy atom. The van der Waals surface area contributed by atoms with Crippen LogP contribution in [0, 0.1) is 5.41 Å². The Balaban J connectivity index is 2.58. The SMILES string of the molecule is CCOc1ccc(C(=O)NCC(O)CC(C)(C)C)cc1N. The van der Waals surface area contributed by atoms with Crippen molar-refractivity contribution in [1.82, 2.24) is 5.32 Å². The van der Waals surface area contributed by atoms with Gasteiger partial charge in [0.15, 0.2) is 0 Å². The van der Waals surface area contributed by atoms with E-state index in [1.807, 2.05) is 27.7 Å². The van der Waals surface area contributed by atoms with Gasteiger partial charge < -0.3 is 20.9 Å². The predicted octanol–water partition coefficient (Wildman–Crippen LogP) is 2.19. The van der Waals surface area contributed by atoms with E-state index in [2.05, 4.69) is 5.32 Å². The van der Waals surface area contributed by atoms with E-state index < -0.39 is 6.10 Å². The van der Waals surface area contributed by atoms with E-state index >= 15 is 0 Å². The van der Waals surface area contributed by atoms with Crippen LogP contribution in [0.3, 0.4) is 0 Å². The molecule has 1 aromatic carbocycles. The van der Waals surface area contributed by atoms with Crippen molar-refractivity contribution in [2.45, 2.75) is 40.2 Å². The molecule has 0 heterocycles. The molecule has 21 heavy (non-hydrogen) atoms. The molecule has 0 saturated carbocycles. The van der Waals surface area contributed by atoms with E-state index in [0.29, 0.717) is 30.0 Å². The van der Waals surface area contributed by atoms with Crippen molar-refractivity contribution in [2.75, 3.05) is 18.9 Å². The van der Waals surface area contributed by atoms with E-state index in [1.165, 1.54) is 0 Å². The van der Waals surface area contributed by atoms with Crippen LogP contribution in [0.25, 0.3) is 0 Å². The van der Waals surface area contributed by atoms with Crippen molar-refractivity contribution in [2.24, 2.45) is 5.41 Å². The zero-order valence-electron chi connectivity index (χ0n) is 13.3. The Morgan fingerprint density at radius 2 is 2.10 bits per heavy atom. The summed E-state index contributed by atoms with van der Waals surface area (Å²) in [5.41, 5.74) is 6.74. The molecule has 0 bridgehead atoms. The third kappa shape index (κ3) is 6.04. The largest absolute Gasteiger partial charge is 0.492 e. The highest BCUT2D eigenvalue weighted by atomic mass is 16.5. The molecule has 1 unspecified atom stereocenters. The van der Waals surface area contributed by atoms with Gasteiger partial charge in [-0.3, -0.25) is 4.79 Å². The summed E-state index contributed by atoms with van der Waals surface area (Å²) in [5, 5.41) is 12.6. The number of carbonyl (C=O) groups excluding carboxylic acids is 1. The van der Waals surface area contributed by atoms with Gasteiger partial charge in [0.1, 0.15) is 5.75 Å². The van der Waals surface area contributed by atoms with Crippen LogP contribution in [0.1, 0.15) is 44.5 Å². The summed E-state index contributed by atoms with van der Waals surface area (Å²) in [6.45, 7) is 8.76. The predicted molar refractivity (Wildman–Crippen MR) is 84.4 cm³/mol. The topological polar surface area (TPSA) is 84.6 Å². The third-order valence-corrected chi connectivity index (χ3v) is 2.92. The van der Waals surface area contributed by atoms with Gasteiger partial charge in [-0.1, -0.05) is 20.8 Å². The summed E-state index contributed by atoms with van der Waals surface area (Å²) in [6, 6.07) is 4.92. The van der Waals surface area contributed by atoms with E-state index in [9.17, 15) is 9.90 Å². The lowest BCUT2D eigenvalue weighted by atomic mass is 9.89. The second kappa shape index (κ2) is 7.31. The number of carbonyl (C=O) groups is 1. The molecule has 1 amide bonds. The van der Waals surface area contributed by atoms with Gasteiger partial charge in [-0.2, -0.15) is 0 Å². The number of nitrogens with one attached hydrogen (secondary N) is 1. The van der Waals surface area contributed by atoms with Gasteiger partial charge in [-0.05, 0) is 37.0 Å². The monoisotopic (exact) mass is 294 g/mol. The highest BCUT2D eigenvalue weighted by Gasteiger charge is 2.17. The van der Waals surface area contributed by atoms with Crippen LogP contribution in [-0.2, 0) is 0 Å². The molecular weight excluding hydrogens is 268 g/mol. The Morgan fingerprint density at radius 3 is 2.62 bits per heavy atom. The number of ether oxygens (including phenoxy) is 1. The molecule has 118 valence electrons. The number of nitrogen functional groups attached to an aromatic ring is 1. The summed E-state index contributed by atoms with van der Waals surface area (Å²) in [6.07, 6.45) is 0.0626. The highest BCUT2D eigenvalue weighted by Crippen LogP contribution is 2.23. The van der Waals surface area contributed by atoms with Crippen molar-refractivity contribution in [3.05, 3.63) is 23.8 Å². The molecule has 1 rings (SSSR count). The number of anilines is 1. The van der Waals surface area contributed by atoms with Crippen molar-refractivity contribution < 1.29 is 14.6 Å². The van der Waals surface area contributed by atoms with E-state index in [4.69, 9.17) is 10.5 Å². The minimum Gasteiger partial charge on any atom is -0.492 e. The van der Waals surface area contributed by atoms with Gasteiger partial charge in [0.05, 0.1) is 18.4 Å². The summed E-state index contributed by atoms with van der Waals surface area (Å²) in [4.78, 5) is 12.0. The first-order valence-electron chi connectivity index (χ1n) is 7.21. The first-order chi connectivity index (χ1) is 9.73. The van der Waals surface area contributed by atoms with Crippen molar-refractivity contribution in [1.29, 1.82) is 0 Å². The van der Waals surface area contributed by atoms with Crippen LogP contribution in [0.5, 0.6) is 5.75 Å². The minimum absolute atomic E-state index is 0.0215.